The Hall–Kier alpha value is -3.65. The molecule has 0 aromatic heterocycles. The molecule has 0 aliphatic heterocycles. The summed E-state index contributed by atoms with van der Waals surface area (Å²) in [6, 6.07) is 24.2. The molecule has 208 valence electrons. The van der Waals surface area contributed by atoms with E-state index >= 15 is 0 Å². The number of amides is 2. The van der Waals surface area contributed by atoms with Crippen LogP contribution in [-0.4, -0.2) is 50.8 Å². The zero-order valence-corrected chi connectivity index (χ0v) is 24.0. The number of aryl methyl sites for hydroxylation is 1. The van der Waals surface area contributed by atoms with E-state index in [0.717, 1.165) is 21.9 Å². The number of anilines is 1. The van der Waals surface area contributed by atoms with Gasteiger partial charge in [0.2, 0.25) is 11.8 Å². The van der Waals surface area contributed by atoms with Gasteiger partial charge < -0.3 is 10.2 Å². The molecule has 0 saturated heterocycles. The van der Waals surface area contributed by atoms with Crippen LogP contribution in [0.15, 0.2) is 89.8 Å². The molecule has 0 radical (unpaired) electrons. The number of rotatable bonds is 13. The highest BCUT2D eigenvalue weighted by atomic mass is 32.2. The SMILES string of the molecule is CCc1ccc(N(CC(=O)N(CCc2ccccc2)[C@@H](C)C(=O)NCC(C)C)S(=O)(=O)c2ccccc2)cc1. The van der Waals surface area contributed by atoms with Gasteiger partial charge in [0.25, 0.3) is 10.0 Å². The summed E-state index contributed by atoms with van der Waals surface area (Å²) in [5, 5.41) is 2.90. The molecular formula is C31H39N3O4S. The molecule has 8 heteroatoms. The Bertz CT molecular complexity index is 1310. The van der Waals surface area contributed by atoms with E-state index in [1.54, 1.807) is 37.3 Å². The van der Waals surface area contributed by atoms with Crippen molar-refractivity contribution in [1.29, 1.82) is 0 Å². The zero-order valence-electron chi connectivity index (χ0n) is 23.2. The largest absolute Gasteiger partial charge is 0.354 e. The van der Waals surface area contributed by atoms with Crippen LogP contribution in [0.3, 0.4) is 0 Å². The summed E-state index contributed by atoms with van der Waals surface area (Å²) < 4.78 is 28.7. The minimum absolute atomic E-state index is 0.0935. The smallest absolute Gasteiger partial charge is 0.264 e. The van der Waals surface area contributed by atoms with Crippen molar-refractivity contribution in [3.8, 4) is 0 Å². The van der Waals surface area contributed by atoms with Crippen LogP contribution in [-0.2, 0) is 32.5 Å². The number of hydrogen-bond acceptors (Lipinski definition) is 4. The number of nitrogens with zero attached hydrogens (tertiary/aromatic N) is 2. The van der Waals surface area contributed by atoms with E-state index in [0.29, 0.717) is 18.7 Å². The molecule has 0 bridgehead atoms. The maximum Gasteiger partial charge on any atom is 0.264 e. The van der Waals surface area contributed by atoms with Crippen molar-refractivity contribution in [2.24, 2.45) is 5.92 Å². The van der Waals surface area contributed by atoms with Crippen LogP contribution < -0.4 is 9.62 Å². The number of nitrogens with one attached hydrogen (secondary N) is 1. The molecule has 3 rings (SSSR count). The second-order valence-corrected chi connectivity index (χ2v) is 11.8. The van der Waals surface area contributed by atoms with Gasteiger partial charge >= 0.3 is 0 Å². The van der Waals surface area contributed by atoms with Crippen LogP contribution in [0.25, 0.3) is 0 Å². The van der Waals surface area contributed by atoms with E-state index in [4.69, 9.17) is 0 Å². The summed E-state index contributed by atoms with van der Waals surface area (Å²) >= 11 is 0. The Balaban J connectivity index is 1.95. The number of sulfonamides is 1. The molecule has 39 heavy (non-hydrogen) atoms. The molecule has 0 spiro atoms. The molecular weight excluding hydrogens is 510 g/mol. The van der Waals surface area contributed by atoms with Gasteiger partial charge in [0.1, 0.15) is 12.6 Å². The van der Waals surface area contributed by atoms with E-state index in [1.165, 1.54) is 17.0 Å². The fraction of sp³-hybridized carbons (Fsp3) is 0.355. The monoisotopic (exact) mass is 549 g/mol. The van der Waals surface area contributed by atoms with Crippen molar-refractivity contribution in [2.75, 3.05) is 23.9 Å². The van der Waals surface area contributed by atoms with Crippen LogP contribution in [0.2, 0.25) is 0 Å². The van der Waals surface area contributed by atoms with Crippen LogP contribution in [0.5, 0.6) is 0 Å². The second kappa shape index (κ2) is 13.9. The average Bonchev–Trinajstić information content (AvgIpc) is 2.95. The van der Waals surface area contributed by atoms with Crippen molar-refractivity contribution < 1.29 is 18.0 Å². The molecule has 7 nitrogen and oxygen atoms in total. The van der Waals surface area contributed by atoms with Gasteiger partial charge in [-0.15, -0.1) is 0 Å². The topological polar surface area (TPSA) is 86.8 Å². The van der Waals surface area contributed by atoms with Crippen molar-refractivity contribution in [1.82, 2.24) is 10.2 Å². The molecule has 0 saturated carbocycles. The number of benzene rings is 3. The molecule has 0 aliphatic rings. The fourth-order valence-corrected chi connectivity index (χ4v) is 5.60. The van der Waals surface area contributed by atoms with Crippen LogP contribution in [0, 0.1) is 5.92 Å². The van der Waals surface area contributed by atoms with Gasteiger partial charge in [-0.2, -0.15) is 0 Å². The molecule has 1 N–H and O–H groups in total. The van der Waals surface area contributed by atoms with Crippen molar-refractivity contribution in [3.63, 3.8) is 0 Å². The van der Waals surface area contributed by atoms with E-state index in [9.17, 15) is 18.0 Å². The molecule has 1 atom stereocenters. The lowest BCUT2D eigenvalue weighted by Gasteiger charge is -2.32. The van der Waals surface area contributed by atoms with Crippen LogP contribution in [0.1, 0.15) is 38.8 Å². The molecule has 3 aromatic carbocycles. The Labute approximate surface area is 232 Å². The van der Waals surface area contributed by atoms with E-state index in [-0.39, 0.29) is 23.3 Å². The average molecular weight is 550 g/mol. The van der Waals surface area contributed by atoms with Gasteiger partial charge in [-0.05, 0) is 61.1 Å². The first-order valence-corrected chi connectivity index (χ1v) is 14.8. The first kappa shape index (κ1) is 29.9. The summed E-state index contributed by atoms with van der Waals surface area (Å²) in [5.41, 5.74) is 2.47. The maximum atomic E-state index is 13.9. The van der Waals surface area contributed by atoms with Gasteiger partial charge in [0.15, 0.2) is 0 Å². The Morgan fingerprint density at radius 3 is 1.97 bits per heavy atom. The molecule has 0 aliphatic carbocycles. The van der Waals surface area contributed by atoms with Crippen molar-refractivity contribution >= 4 is 27.5 Å². The minimum atomic E-state index is -4.05. The lowest BCUT2D eigenvalue weighted by atomic mass is 10.1. The van der Waals surface area contributed by atoms with Crippen molar-refractivity contribution in [2.45, 2.75) is 51.5 Å². The Morgan fingerprint density at radius 2 is 1.41 bits per heavy atom. The summed E-state index contributed by atoms with van der Waals surface area (Å²) in [4.78, 5) is 28.5. The lowest BCUT2D eigenvalue weighted by Crippen LogP contribution is -2.52. The minimum Gasteiger partial charge on any atom is -0.354 e. The highest BCUT2D eigenvalue weighted by Gasteiger charge is 2.32. The zero-order chi connectivity index (χ0) is 28.4. The predicted octanol–water partition coefficient (Wildman–Crippen LogP) is 4.68. The summed E-state index contributed by atoms with van der Waals surface area (Å²) in [6.07, 6.45) is 1.34. The van der Waals surface area contributed by atoms with Gasteiger partial charge in [-0.3, -0.25) is 13.9 Å². The molecule has 3 aromatic rings. The summed E-state index contributed by atoms with van der Waals surface area (Å²) in [7, 11) is -4.05. The van der Waals surface area contributed by atoms with Crippen LogP contribution >= 0.6 is 0 Å². The second-order valence-electron chi connectivity index (χ2n) is 9.98. The fourth-order valence-electron chi connectivity index (χ4n) is 4.17. The van der Waals surface area contributed by atoms with E-state index in [2.05, 4.69) is 5.32 Å². The Kier molecular flexibility index (Phi) is 10.7. The normalized spacial score (nSPS) is 12.1. The van der Waals surface area contributed by atoms with Gasteiger partial charge in [0, 0.05) is 13.1 Å². The first-order chi connectivity index (χ1) is 18.6. The Morgan fingerprint density at radius 1 is 0.821 bits per heavy atom. The predicted molar refractivity (Wildman–Crippen MR) is 156 cm³/mol. The summed E-state index contributed by atoms with van der Waals surface area (Å²) in [5.74, 6) is -0.459. The van der Waals surface area contributed by atoms with Gasteiger partial charge in [-0.1, -0.05) is 81.4 Å². The first-order valence-electron chi connectivity index (χ1n) is 13.4. The van der Waals surface area contributed by atoms with E-state index in [1.807, 2.05) is 63.2 Å². The van der Waals surface area contributed by atoms with Crippen molar-refractivity contribution in [3.05, 3.63) is 96.1 Å². The maximum absolute atomic E-state index is 13.9. The third-order valence-electron chi connectivity index (χ3n) is 6.58. The third-order valence-corrected chi connectivity index (χ3v) is 8.37. The molecule has 2 amide bonds. The highest BCUT2D eigenvalue weighted by molar-refractivity contribution is 7.92. The molecule has 0 heterocycles. The lowest BCUT2D eigenvalue weighted by molar-refractivity contribution is -0.138. The summed E-state index contributed by atoms with van der Waals surface area (Å²) in [6.45, 7) is 8.03. The number of hydrogen-bond donors (Lipinski definition) is 1. The molecule has 0 fully saturated rings. The van der Waals surface area contributed by atoms with Gasteiger partial charge in [-0.25, -0.2) is 8.42 Å². The number of carbonyl (C=O) groups excluding carboxylic acids is 2. The molecule has 0 unspecified atom stereocenters. The van der Waals surface area contributed by atoms with E-state index < -0.39 is 28.5 Å². The third kappa shape index (κ3) is 8.17. The van der Waals surface area contributed by atoms with Gasteiger partial charge in [0.05, 0.1) is 10.6 Å². The van der Waals surface area contributed by atoms with Crippen LogP contribution in [0.4, 0.5) is 5.69 Å². The number of carbonyl (C=O) groups is 2. The highest BCUT2D eigenvalue weighted by Crippen LogP contribution is 2.25. The standard InChI is InChI=1S/C31H39N3O4S/c1-5-26-16-18-28(19-17-26)34(39(37,38)29-14-10-7-11-15-29)23-30(35)33(21-20-27-12-8-6-9-13-27)25(4)31(36)32-22-24(2)3/h6-19,24-25H,5,20-23H2,1-4H3,(H,32,36)/t25-/m0/s1. The quantitative estimate of drug-likeness (QED) is 0.336.